The molecule has 0 aliphatic heterocycles. The van der Waals surface area contributed by atoms with E-state index in [1.807, 2.05) is 12.1 Å². The molecule has 0 bridgehead atoms. The van der Waals surface area contributed by atoms with Crippen molar-refractivity contribution in [2.45, 2.75) is 44.6 Å². The molecule has 1 N–H and O–H groups in total. The maximum absolute atomic E-state index is 13.2. The summed E-state index contributed by atoms with van der Waals surface area (Å²) in [5.74, 6) is 1.58. The van der Waals surface area contributed by atoms with Gasteiger partial charge in [0, 0.05) is 17.5 Å². The van der Waals surface area contributed by atoms with Crippen LogP contribution in [0.25, 0.3) is 0 Å². The fourth-order valence-corrected chi connectivity index (χ4v) is 3.68. The van der Waals surface area contributed by atoms with Crippen LogP contribution in [0.4, 0.5) is 10.2 Å². The molecule has 0 amide bonds. The lowest BCUT2D eigenvalue weighted by atomic mass is 9.97. The topological polar surface area (TPSA) is 37.8 Å². The number of benzene rings is 1. The zero-order valence-corrected chi connectivity index (χ0v) is 13.8. The van der Waals surface area contributed by atoms with Crippen molar-refractivity contribution in [1.82, 2.24) is 9.97 Å². The summed E-state index contributed by atoms with van der Waals surface area (Å²) in [5, 5.41) is 3.81. The molecule has 0 spiro atoms. The molecular weight excluding hydrogens is 313 g/mol. The van der Waals surface area contributed by atoms with Gasteiger partial charge in [-0.05, 0) is 67.8 Å². The first kappa shape index (κ1) is 14.9. The molecule has 120 valence electrons. The van der Waals surface area contributed by atoms with Gasteiger partial charge in [-0.3, -0.25) is 0 Å². The molecule has 1 heterocycles. The quantitative estimate of drug-likeness (QED) is 0.835. The number of rotatable bonds is 4. The highest BCUT2D eigenvalue weighted by Gasteiger charge is 2.32. The molecule has 0 radical (unpaired) electrons. The van der Waals surface area contributed by atoms with E-state index in [-0.39, 0.29) is 17.0 Å². The molecule has 5 heteroatoms. The van der Waals surface area contributed by atoms with Crippen molar-refractivity contribution in [1.29, 1.82) is 0 Å². The first-order chi connectivity index (χ1) is 11.1. The van der Waals surface area contributed by atoms with E-state index in [2.05, 4.69) is 22.2 Å². The number of hydrogen-bond acceptors (Lipinski definition) is 3. The Kier molecular flexibility index (Phi) is 3.72. The number of anilines is 1. The van der Waals surface area contributed by atoms with E-state index in [0.717, 1.165) is 41.4 Å². The van der Waals surface area contributed by atoms with E-state index in [9.17, 15) is 4.39 Å². The Morgan fingerprint density at radius 1 is 1.17 bits per heavy atom. The molecule has 1 fully saturated rings. The zero-order valence-electron chi connectivity index (χ0n) is 13.0. The Hall–Kier alpha value is -1.68. The predicted octanol–water partition coefficient (Wildman–Crippen LogP) is 4.56. The summed E-state index contributed by atoms with van der Waals surface area (Å²) in [7, 11) is 0. The summed E-state index contributed by atoms with van der Waals surface area (Å²) >= 11 is 6.16. The zero-order chi connectivity index (χ0) is 16.0. The van der Waals surface area contributed by atoms with E-state index in [1.54, 1.807) is 0 Å². The Morgan fingerprint density at radius 2 is 1.91 bits per heavy atom. The summed E-state index contributed by atoms with van der Waals surface area (Å²) in [5.41, 5.74) is 3.24. The molecule has 1 aromatic heterocycles. The minimum absolute atomic E-state index is 0.169. The number of nitrogens with zero attached hydrogens (tertiary/aromatic N) is 2. The lowest BCUT2D eigenvalue weighted by Gasteiger charge is -2.17. The number of nitrogens with one attached hydrogen (secondary N) is 1. The average Bonchev–Trinajstić information content (AvgIpc) is 3.29. The Labute approximate surface area is 140 Å². The predicted molar refractivity (Wildman–Crippen MR) is 89.4 cm³/mol. The molecule has 1 saturated carbocycles. The van der Waals surface area contributed by atoms with Crippen molar-refractivity contribution in [3.05, 3.63) is 52.2 Å². The van der Waals surface area contributed by atoms with Crippen molar-refractivity contribution < 1.29 is 4.39 Å². The number of halogens is 2. The Morgan fingerprint density at radius 3 is 2.61 bits per heavy atom. The van der Waals surface area contributed by atoms with Crippen LogP contribution in [0.5, 0.6) is 0 Å². The molecule has 2 aliphatic carbocycles. The van der Waals surface area contributed by atoms with Gasteiger partial charge in [0.15, 0.2) is 0 Å². The molecule has 1 aromatic carbocycles. The molecule has 1 unspecified atom stereocenters. The molecule has 2 aliphatic rings. The summed E-state index contributed by atoms with van der Waals surface area (Å²) in [6.45, 7) is 2.20. The standard InChI is InChI=1S/C18H19ClFN3/c1-10(11-2-3-11)21-17-15-9-8-14(16(15)22-18(19)23-17)12-4-6-13(20)7-5-12/h4-7,10-11,14H,2-3,8-9H2,1H3,(H,21,22,23)/t10-,14?/m0/s1. The fraction of sp³-hybridized carbons (Fsp3) is 0.444. The summed E-state index contributed by atoms with van der Waals surface area (Å²) in [6.07, 6.45) is 4.46. The molecule has 2 atom stereocenters. The highest BCUT2D eigenvalue weighted by atomic mass is 35.5. The third-order valence-electron chi connectivity index (χ3n) is 4.99. The van der Waals surface area contributed by atoms with Crippen LogP contribution in [0.2, 0.25) is 5.28 Å². The van der Waals surface area contributed by atoms with E-state index in [0.29, 0.717) is 6.04 Å². The SMILES string of the molecule is C[C@H](Nc1nc(Cl)nc2c1CCC2c1ccc(F)cc1)C1CC1. The van der Waals surface area contributed by atoms with Crippen LogP contribution < -0.4 is 5.32 Å². The minimum atomic E-state index is -0.215. The smallest absolute Gasteiger partial charge is 0.224 e. The van der Waals surface area contributed by atoms with Gasteiger partial charge >= 0.3 is 0 Å². The van der Waals surface area contributed by atoms with Crippen molar-refractivity contribution in [3.63, 3.8) is 0 Å². The maximum atomic E-state index is 13.2. The third kappa shape index (κ3) is 2.92. The maximum Gasteiger partial charge on any atom is 0.224 e. The third-order valence-corrected chi connectivity index (χ3v) is 5.16. The van der Waals surface area contributed by atoms with Crippen LogP contribution in [-0.2, 0) is 6.42 Å². The summed E-state index contributed by atoms with van der Waals surface area (Å²) in [6, 6.07) is 7.10. The highest BCUT2D eigenvalue weighted by molar-refractivity contribution is 6.28. The summed E-state index contributed by atoms with van der Waals surface area (Å²) < 4.78 is 13.2. The second-order valence-electron chi connectivity index (χ2n) is 6.62. The van der Waals surface area contributed by atoms with Crippen molar-refractivity contribution in [2.75, 3.05) is 5.32 Å². The second kappa shape index (κ2) is 5.75. The van der Waals surface area contributed by atoms with Crippen LogP contribution in [0.15, 0.2) is 24.3 Å². The number of aromatic nitrogens is 2. The first-order valence-electron chi connectivity index (χ1n) is 8.20. The lowest BCUT2D eigenvalue weighted by molar-refractivity contribution is 0.625. The van der Waals surface area contributed by atoms with E-state index in [4.69, 9.17) is 11.6 Å². The largest absolute Gasteiger partial charge is 0.367 e. The number of fused-ring (bicyclic) bond motifs is 1. The van der Waals surface area contributed by atoms with Crippen LogP contribution in [0.3, 0.4) is 0 Å². The molecule has 0 saturated heterocycles. The highest BCUT2D eigenvalue weighted by Crippen LogP contribution is 2.41. The lowest BCUT2D eigenvalue weighted by Crippen LogP contribution is -2.19. The van der Waals surface area contributed by atoms with Crippen molar-refractivity contribution in [3.8, 4) is 0 Å². The van der Waals surface area contributed by atoms with E-state index < -0.39 is 0 Å². The first-order valence-corrected chi connectivity index (χ1v) is 8.58. The van der Waals surface area contributed by atoms with Gasteiger partial charge in [-0.25, -0.2) is 14.4 Å². The summed E-state index contributed by atoms with van der Waals surface area (Å²) in [4.78, 5) is 8.90. The molecular formula is C18H19ClFN3. The normalized spacial score (nSPS) is 21.1. The van der Waals surface area contributed by atoms with Crippen LogP contribution in [0.1, 0.15) is 48.9 Å². The number of hydrogen-bond donors (Lipinski definition) is 1. The van der Waals surface area contributed by atoms with Crippen molar-refractivity contribution >= 4 is 17.4 Å². The van der Waals surface area contributed by atoms with E-state index >= 15 is 0 Å². The van der Waals surface area contributed by atoms with Gasteiger partial charge in [-0.15, -0.1) is 0 Å². The molecule has 23 heavy (non-hydrogen) atoms. The van der Waals surface area contributed by atoms with Gasteiger partial charge in [0.25, 0.3) is 0 Å². The monoisotopic (exact) mass is 331 g/mol. The Balaban J connectivity index is 1.67. The van der Waals surface area contributed by atoms with Gasteiger partial charge < -0.3 is 5.32 Å². The van der Waals surface area contributed by atoms with E-state index in [1.165, 1.54) is 25.0 Å². The van der Waals surface area contributed by atoms with Gasteiger partial charge in [-0.1, -0.05) is 12.1 Å². The molecule has 4 rings (SSSR count). The van der Waals surface area contributed by atoms with Crippen LogP contribution in [0, 0.1) is 11.7 Å². The second-order valence-corrected chi connectivity index (χ2v) is 6.96. The Bertz CT molecular complexity index is 728. The average molecular weight is 332 g/mol. The van der Waals surface area contributed by atoms with Gasteiger partial charge in [0.05, 0.1) is 5.69 Å². The minimum Gasteiger partial charge on any atom is -0.367 e. The molecule has 2 aromatic rings. The van der Waals surface area contributed by atoms with Crippen molar-refractivity contribution in [2.24, 2.45) is 5.92 Å². The fourth-order valence-electron chi connectivity index (χ4n) is 3.50. The van der Waals surface area contributed by atoms with Gasteiger partial charge in [0.1, 0.15) is 11.6 Å². The molecule has 3 nitrogen and oxygen atoms in total. The van der Waals surface area contributed by atoms with Crippen LogP contribution in [-0.4, -0.2) is 16.0 Å². The van der Waals surface area contributed by atoms with Gasteiger partial charge in [-0.2, -0.15) is 0 Å². The van der Waals surface area contributed by atoms with Gasteiger partial charge in [0.2, 0.25) is 5.28 Å². The van der Waals surface area contributed by atoms with Crippen LogP contribution >= 0.6 is 11.6 Å².